The van der Waals surface area contributed by atoms with Crippen LogP contribution in [0.3, 0.4) is 0 Å². The van der Waals surface area contributed by atoms with Gasteiger partial charge < -0.3 is 20.9 Å². The molecule has 0 saturated heterocycles. The fourth-order valence-corrected chi connectivity index (χ4v) is 1.35. The van der Waals surface area contributed by atoms with Gasteiger partial charge in [0.15, 0.2) is 5.96 Å². The highest BCUT2D eigenvalue weighted by Crippen LogP contribution is 2.12. The van der Waals surface area contributed by atoms with Crippen LogP contribution in [0.5, 0.6) is 0 Å². The molecule has 0 atom stereocenters. The van der Waals surface area contributed by atoms with E-state index >= 15 is 0 Å². The van der Waals surface area contributed by atoms with E-state index < -0.39 is 5.41 Å². The Morgan fingerprint density at radius 3 is 2.19 bits per heavy atom. The molecule has 0 aliphatic carbocycles. The summed E-state index contributed by atoms with van der Waals surface area (Å²) in [4.78, 5) is 28.9. The van der Waals surface area contributed by atoms with Crippen LogP contribution in [0, 0.1) is 5.41 Å². The van der Waals surface area contributed by atoms with E-state index in [0.29, 0.717) is 19.0 Å². The van der Waals surface area contributed by atoms with Crippen LogP contribution in [0.2, 0.25) is 0 Å². The Bertz CT molecular complexity index is 370. The monoisotopic (exact) mass is 413 g/mol. The second-order valence-electron chi connectivity index (χ2n) is 5.30. The van der Waals surface area contributed by atoms with Crippen LogP contribution in [-0.2, 0) is 9.59 Å². The van der Waals surface area contributed by atoms with E-state index in [4.69, 9.17) is 0 Å². The van der Waals surface area contributed by atoms with Gasteiger partial charge in [-0.1, -0.05) is 0 Å². The standard InChI is InChI=1S/C13H27N5O2.HI/c1-7-15-12(16-8-10(19)18(5)6)17-9-13(2,3)11(20)14-4;/h7-9H2,1-6H3,(H,14,20)(H2,15,16,17);1H. The van der Waals surface area contributed by atoms with E-state index in [1.54, 1.807) is 21.1 Å². The summed E-state index contributed by atoms with van der Waals surface area (Å²) in [5, 5.41) is 8.75. The zero-order chi connectivity index (χ0) is 15.8. The third-order valence-corrected chi connectivity index (χ3v) is 2.75. The third kappa shape index (κ3) is 8.74. The van der Waals surface area contributed by atoms with Crippen molar-refractivity contribution in [1.29, 1.82) is 0 Å². The predicted octanol–water partition coefficient (Wildman–Crippen LogP) is 0.0199. The zero-order valence-electron chi connectivity index (χ0n) is 13.7. The van der Waals surface area contributed by atoms with Crippen LogP contribution in [-0.4, -0.2) is 63.5 Å². The Balaban J connectivity index is 0. The summed E-state index contributed by atoms with van der Waals surface area (Å²) in [5.74, 6) is 0.401. The molecule has 0 spiro atoms. The maximum atomic E-state index is 11.7. The molecule has 0 aliphatic heterocycles. The summed E-state index contributed by atoms with van der Waals surface area (Å²) in [5.41, 5.74) is -0.559. The molecule has 7 nitrogen and oxygen atoms in total. The Hall–Kier alpha value is -1.06. The SMILES string of the molecule is CCNC(=NCC(=O)N(C)C)NCC(C)(C)C(=O)NC.I. The molecule has 0 rings (SSSR count). The second kappa shape index (κ2) is 10.6. The normalized spacial score (nSPS) is 11.2. The maximum absolute atomic E-state index is 11.7. The van der Waals surface area contributed by atoms with Crippen molar-refractivity contribution >= 4 is 41.8 Å². The fourth-order valence-electron chi connectivity index (χ4n) is 1.35. The molecular formula is C13H28IN5O2. The number of hydrogen-bond acceptors (Lipinski definition) is 3. The first-order valence-electron chi connectivity index (χ1n) is 6.69. The lowest BCUT2D eigenvalue weighted by Crippen LogP contribution is -2.47. The van der Waals surface area contributed by atoms with Gasteiger partial charge in [0.2, 0.25) is 11.8 Å². The van der Waals surface area contributed by atoms with Crippen molar-refractivity contribution < 1.29 is 9.59 Å². The van der Waals surface area contributed by atoms with E-state index in [1.165, 1.54) is 4.90 Å². The van der Waals surface area contributed by atoms with Crippen molar-refractivity contribution in [1.82, 2.24) is 20.9 Å². The fraction of sp³-hybridized carbons (Fsp3) is 0.769. The molecule has 21 heavy (non-hydrogen) atoms. The van der Waals surface area contributed by atoms with Gasteiger partial charge in [0, 0.05) is 34.2 Å². The number of guanidine groups is 1. The molecule has 8 heteroatoms. The Labute approximate surface area is 144 Å². The van der Waals surface area contributed by atoms with Gasteiger partial charge in [0.1, 0.15) is 6.54 Å². The molecular weight excluding hydrogens is 385 g/mol. The number of nitrogens with one attached hydrogen (secondary N) is 3. The molecule has 0 heterocycles. The molecule has 2 amide bonds. The maximum Gasteiger partial charge on any atom is 0.243 e. The summed E-state index contributed by atoms with van der Waals surface area (Å²) >= 11 is 0. The van der Waals surface area contributed by atoms with Crippen LogP contribution in [0.4, 0.5) is 0 Å². The lowest BCUT2D eigenvalue weighted by molar-refractivity contribution is -0.128. The minimum absolute atomic E-state index is 0. The number of carbonyl (C=O) groups is 2. The van der Waals surface area contributed by atoms with Crippen molar-refractivity contribution in [2.45, 2.75) is 20.8 Å². The Kier molecular flexibility index (Phi) is 11.3. The van der Waals surface area contributed by atoms with Crippen molar-refractivity contribution in [3.05, 3.63) is 0 Å². The largest absolute Gasteiger partial charge is 0.359 e. The smallest absolute Gasteiger partial charge is 0.243 e. The van der Waals surface area contributed by atoms with Crippen molar-refractivity contribution in [2.24, 2.45) is 10.4 Å². The average molecular weight is 413 g/mol. The number of hydrogen-bond donors (Lipinski definition) is 3. The Morgan fingerprint density at radius 1 is 1.19 bits per heavy atom. The minimum atomic E-state index is -0.559. The molecule has 0 bridgehead atoms. The average Bonchev–Trinajstić information content (AvgIpc) is 2.40. The van der Waals surface area contributed by atoms with Crippen LogP contribution >= 0.6 is 24.0 Å². The lowest BCUT2D eigenvalue weighted by Gasteiger charge is -2.24. The highest BCUT2D eigenvalue weighted by Gasteiger charge is 2.26. The van der Waals surface area contributed by atoms with Gasteiger partial charge >= 0.3 is 0 Å². The number of amides is 2. The molecule has 0 fully saturated rings. The molecule has 0 saturated carbocycles. The molecule has 0 aromatic heterocycles. The molecule has 0 aromatic carbocycles. The second-order valence-corrected chi connectivity index (χ2v) is 5.30. The Morgan fingerprint density at radius 2 is 1.76 bits per heavy atom. The quantitative estimate of drug-likeness (QED) is 0.326. The zero-order valence-corrected chi connectivity index (χ0v) is 16.1. The summed E-state index contributed by atoms with van der Waals surface area (Å²) in [6, 6.07) is 0. The number of likely N-dealkylation sites (N-methyl/N-ethyl adjacent to an activating group) is 1. The van der Waals surface area contributed by atoms with Crippen LogP contribution < -0.4 is 16.0 Å². The van der Waals surface area contributed by atoms with Gasteiger partial charge in [-0.05, 0) is 20.8 Å². The van der Waals surface area contributed by atoms with Crippen LogP contribution in [0.15, 0.2) is 4.99 Å². The van der Waals surface area contributed by atoms with E-state index in [0.717, 1.165) is 0 Å². The number of rotatable bonds is 6. The topological polar surface area (TPSA) is 85.8 Å². The molecule has 3 N–H and O–H groups in total. The summed E-state index contributed by atoms with van der Waals surface area (Å²) < 4.78 is 0. The summed E-state index contributed by atoms with van der Waals surface area (Å²) in [6.45, 7) is 6.80. The van der Waals surface area contributed by atoms with E-state index in [2.05, 4.69) is 20.9 Å². The first-order chi connectivity index (χ1) is 9.24. The predicted molar refractivity (Wildman–Crippen MR) is 95.9 cm³/mol. The number of halogens is 1. The minimum Gasteiger partial charge on any atom is -0.359 e. The molecule has 0 radical (unpaired) electrons. The summed E-state index contributed by atoms with van der Waals surface area (Å²) in [7, 11) is 4.99. The molecule has 0 aromatic rings. The molecule has 124 valence electrons. The van der Waals surface area contributed by atoms with E-state index in [-0.39, 0.29) is 42.3 Å². The third-order valence-electron chi connectivity index (χ3n) is 2.75. The highest BCUT2D eigenvalue weighted by molar-refractivity contribution is 14.0. The first-order valence-corrected chi connectivity index (χ1v) is 6.69. The first kappa shape index (κ1) is 22.2. The number of aliphatic imine (C=N–C) groups is 1. The van der Waals surface area contributed by atoms with Gasteiger partial charge in [-0.15, -0.1) is 24.0 Å². The number of carbonyl (C=O) groups excluding carboxylic acids is 2. The van der Waals surface area contributed by atoms with Gasteiger partial charge in [0.05, 0.1) is 5.41 Å². The van der Waals surface area contributed by atoms with Crippen molar-refractivity contribution in [2.75, 3.05) is 40.8 Å². The van der Waals surface area contributed by atoms with Gasteiger partial charge in [-0.25, -0.2) is 4.99 Å². The lowest BCUT2D eigenvalue weighted by atomic mass is 9.92. The highest BCUT2D eigenvalue weighted by atomic mass is 127. The van der Waals surface area contributed by atoms with Gasteiger partial charge in [-0.3, -0.25) is 9.59 Å². The van der Waals surface area contributed by atoms with Crippen molar-refractivity contribution in [3.8, 4) is 0 Å². The molecule has 0 aliphatic rings. The van der Waals surface area contributed by atoms with Crippen molar-refractivity contribution in [3.63, 3.8) is 0 Å². The molecule has 0 unspecified atom stereocenters. The van der Waals surface area contributed by atoms with Crippen LogP contribution in [0.25, 0.3) is 0 Å². The van der Waals surface area contributed by atoms with Crippen LogP contribution in [0.1, 0.15) is 20.8 Å². The van der Waals surface area contributed by atoms with Gasteiger partial charge in [0.25, 0.3) is 0 Å². The van der Waals surface area contributed by atoms with E-state index in [9.17, 15) is 9.59 Å². The van der Waals surface area contributed by atoms with E-state index in [1.807, 2.05) is 20.8 Å². The summed E-state index contributed by atoms with van der Waals surface area (Å²) in [6.07, 6.45) is 0. The van der Waals surface area contributed by atoms with Gasteiger partial charge in [-0.2, -0.15) is 0 Å². The number of nitrogens with zero attached hydrogens (tertiary/aromatic N) is 2.